The number of benzene rings is 2. The van der Waals surface area contributed by atoms with Gasteiger partial charge in [0.15, 0.2) is 6.61 Å². The second-order valence-electron chi connectivity index (χ2n) is 7.59. The highest BCUT2D eigenvalue weighted by Gasteiger charge is 2.43. The predicted octanol–water partition coefficient (Wildman–Crippen LogP) is 4.87. The zero-order valence-electron chi connectivity index (χ0n) is 17.3. The Morgan fingerprint density at radius 1 is 1.13 bits per heavy atom. The molecule has 2 aromatic rings. The molecule has 0 bridgehead atoms. The zero-order chi connectivity index (χ0) is 20.9. The van der Waals surface area contributed by atoms with Gasteiger partial charge in [-0.2, -0.15) is 0 Å². The SMILES string of the molecule is CCC1OC(C)CC1OP1OC(c2ccccc2)CN1C(=O)COc1ccccc1. The summed E-state index contributed by atoms with van der Waals surface area (Å²) in [5, 5.41) is 0. The van der Waals surface area contributed by atoms with Crippen molar-refractivity contribution in [1.82, 2.24) is 4.67 Å². The van der Waals surface area contributed by atoms with E-state index in [1.807, 2.05) is 60.7 Å². The molecule has 2 aromatic carbocycles. The van der Waals surface area contributed by atoms with Crippen LogP contribution < -0.4 is 4.74 Å². The van der Waals surface area contributed by atoms with Gasteiger partial charge in [0.25, 0.3) is 14.4 Å². The first-order valence-corrected chi connectivity index (χ1v) is 11.6. The average Bonchev–Trinajstić information content (AvgIpc) is 3.36. The molecule has 7 heteroatoms. The van der Waals surface area contributed by atoms with Crippen molar-refractivity contribution in [3.05, 3.63) is 66.2 Å². The fourth-order valence-electron chi connectivity index (χ4n) is 3.77. The lowest BCUT2D eigenvalue weighted by atomic mass is 10.1. The minimum Gasteiger partial charge on any atom is -0.484 e. The van der Waals surface area contributed by atoms with Gasteiger partial charge in [-0.25, -0.2) is 0 Å². The number of nitrogens with zero attached hydrogens (tertiary/aromatic N) is 1. The van der Waals surface area contributed by atoms with Crippen molar-refractivity contribution >= 4 is 14.4 Å². The van der Waals surface area contributed by atoms with E-state index in [2.05, 4.69) is 13.8 Å². The molecule has 2 fully saturated rings. The topological polar surface area (TPSA) is 57.2 Å². The van der Waals surface area contributed by atoms with E-state index in [9.17, 15) is 4.79 Å². The molecule has 0 saturated carbocycles. The van der Waals surface area contributed by atoms with Crippen LogP contribution in [0.25, 0.3) is 0 Å². The summed E-state index contributed by atoms with van der Waals surface area (Å²) in [6.45, 7) is 4.54. The Hall–Kier alpha value is -1.98. The maximum Gasteiger partial charge on any atom is 0.293 e. The maximum atomic E-state index is 13.0. The van der Waals surface area contributed by atoms with Gasteiger partial charge in [-0.05, 0) is 31.0 Å². The van der Waals surface area contributed by atoms with Gasteiger partial charge >= 0.3 is 0 Å². The molecular weight excluding hydrogens is 401 g/mol. The average molecular weight is 429 g/mol. The second kappa shape index (κ2) is 9.88. The first-order valence-electron chi connectivity index (χ1n) is 10.5. The van der Waals surface area contributed by atoms with E-state index in [0.717, 1.165) is 18.4 Å². The van der Waals surface area contributed by atoms with Gasteiger partial charge in [-0.1, -0.05) is 55.5 Å². The summed E-state index contributed by atoms with van der Waals surface area (Å²) < 4.78 is 25.9. The Balaban J connectivity index is 1.46. The van der Waals surface area contributed by atoms with Gasteiger partial charge in [-0.3, -0.25) is 9.46 Å². The van der Waals surface area contributed by atoms with Crippen LogP contribution in [0.4, 0.5) is 0 Å². The van der Waals surface area contributed by atoms with Crippen LogP contribution in [-0.2, 0) is 18.6 Å². The summed E-state index contributed by atoms with van der Waals surface area (Å²) >= 11 is 0. The molecule has 1 amide bonds. The van der Waals surface area contributed by atoms with E-state index in [0.29, 0.717) is 12.3 Å². The summed E-state index contributed by atoms with van der Waals surface area (Å²) in [5.41, 5.74) is 1.04. The smallest absolute Gasteiger partial charge is 0.293 e. The number of ether oxygens (including phenoxy) is 2. The quantitative estimate of drug-likeness (QED) is 0.588. The van der Waals surface area contributed by atoms with Crippen LogP contribution in [0.5, 0.6) is 5.75 Å². The van der Waals surface area contributed by atoms with Crippen LogP contribution >= 0.6 is 8.53 Å². The number of hydrogen-bond acceptors (Lipinski definition) is 5. The van der Waals surface area contributed by atoms with Crippen LogP contribution in [0, 0.1) is 0 Å². The monoisotopic (exact) mass is 429 g/mol. The molecule has 4 rings (SSSR count). The Bertz CT molecular complexity index is 821. The molecule has 2 heterocycles. The van der Waals surface area contributed by atoms with Gasteiger partial charge in [0.1, 0.15) is 11.9 Å². The van der Waals surface area contributed by atoms with Gasteiger partial charge in [0.05, 0.1) is 24.9 Å². The van der Waals surface area contributed by atoms with E-state index < -0.39 is 8.53 Å². The summed E-state index contributed by atoms with van der Waals surface area (Å²) in [7, 11) is -1.53. The maximum absolute atomic E-state index is 13.0. The number of carbonyl (C=O) groups is 1. The normalized spacial score (nSPS) is 28.6. The molecule has 5 unspecified atom stereocenters. The van der Waals surface area contributed by atoms with E-state index in [-0.39, 0.29) is 36.9 Å². The van der Waals surface area contributed by atoms with Crippen molar-refractivity contribution < 1.29 is 23.3 Å². The van der Waals surface area contributed by atoms with Crippen molar-refractivity contribution in [3.63, 3.8) is 0 Å². The Labute approximate surface area is 179 Å². The molecule has 2 saturated heterocycles. The Morgan fingerprint density at radius 3 is 2.53 bits per heavy atom. The molecule has 0 spiro atoms. The van der Waals surface area contributed by atoms with Crippen molar-refractivity contribution in [2.75, 3.05) is 13.2 Å². The Kier molecular flexibility index (Phi) is 7.00. The highest BCUT2D eigenvalue weighted by atomic mass is 31.2. The first-order chi connectivity index (χ1) is 14.6. The third-order valence-electron chi connectivity index (χ3n) is 5.33. The second-order valence-corrected chi connectivity index (χ2v) is 8.97. The van der Waals surface area contributed by atoms with E-state index >= 15 is 0 Å². The first kappa shape index (κ1) is 21.3. The number of rotatable bonds is 7. The number of amides is 1. The summed E-state index contributed by atoms with van der Waals surface area (Å²) in [6, 6.07) is 19.3. The van der Waals surface area contributed by atoms with E-state index in [1.165, 1.54) is 0 Å². The molecule has 160 valence electrons. The van der Waals surface area contributed by atoms with Crippen LogP contribution in [0.15, 0.2) is 60.7 Å². The predicted molar refractivity (Wildman–Crippen MR) is 115 cm³/mol. The molecular formula is C23H28NO5P. The molecule has 2 aliphatic rings. The van der Waals surface area contributed by atoms with Crippen molar-refractivity contribution in [3.8, 4) is 5.75 Å². The van der Waals surface area contributed by atoms with E-state index in [4.69, 9.17) is 18.5 Å². The molecule has 0 radical (unpaired) electrons. The lowest BCUT2D eigenvalue weighted by molar-refractivity contribution is -0.128. The molecule has 0 aliphatic carbocycles. The third-order valence-corrected chi connectivity index (χ3v) is 7.00. The largest absolute Gasteiger partial charge is 0.484 e. The summed E-state index contributed by atoms with van der Waals surface area (Å²) in [4.78, 5) is 13.0. The van der Waals surface area contributed by atoms with Gasteiger partial charge in [0, 0.05) is 6.42 Å². The standard InChI is InChI=1S/C23H28NO5P/c1-3-20-21(14-17(2)27-20)28-30-24(15-22(29-30)18-10-6-4-7-11-18)23(25)16-26-19-12-8-5-9-13-19/h4-13,17,20-22H,3,14-16H2,1-2H3. The minimum absolute atomic E-state index is 0.0272. The zero-order valence-corrected chi connectivity index (χ0v) is 18.2. The van der Waals surface area contributed by atoms with E-state index in [1.54, 1.807) is 4.67 Å². The summed E-state index contributed by atoms with van der Waals surface area (Å²) in [6.07, 6.45) is 1.56. The molecule has 6 nitrogen and oxygen atoms in total. The molecule has 2 aliphatic heterocycles. The number of hydrogen-bond donors (Lipinski definition) is 0. The fraction of sp³-hybridized carbons (Fsp3) is 0.435. The highest BCUT2D eigenvalue weighted by Crippen LogP contribution is 2.55. The van der Waals surface area contributed by atoms with Crippen LogP contribution in [0.2, 0.25) is 0 Å². The number of para-hydroxylation sites is 1. The third kappa shape index (κ3) is 5.01. The minimum atomic E-state index is -1.53. The van der Waals surface area contributed by atoms with Gasteiger partial charge in [-0.15, -0.1) is 0 Å². The van der Waals surface area contributed by atoms with Gasteiger partial charge < -0.3 is 18.5 Å². The molecule has 30 heavy (non-hydrogen) atoms. The highest BCUT2D eigenvalue weighted by molar-refractivity contribution is 7.45. The Morgan fingerprint density at radius 2 is 1.83 bits per heavy atom. The molecule has 0 aromatic heterocycles. The lowest BCUT2D eigenvalue weighted by Crippen LogP contribution is -2.31. The molecule has 5 atom stereocenters. The fourth-order valence-corrected chi connectivity index (χ4v) is 5.43. The van der Waals surface area contributed by atoms with Crippen molar-refractivity contribution in [2.45, 2.75) is 51.1 Å². The van der Waals surface area contributed by atoms with Gasteiger partial charge in [0.2, 0.25) is 0 Å². The van der Waals surface area contributed by atoms with Crippen LogP contribution in [0.1, 0.15) is 38.4 Å². The summed E-state index contributed by atoms with van der Waals surface area (Å²) in [5.74, 6) is 0.531. The van der Waals surface area contributed by atoms with Crippen molar-refractivity contribution in [1.29, 1.82) is 0 Å². The number of carbonyl (C=O) groups excluding carboxylic acids is 1. The molecule has 0 N–H and O–H groups in total. The van der Waals surface area contributed by atoms with Crippen LogP contribution in [0.3, 0.4) is 0 Å². The van der Waals surface area contributed by atoms with Crippen molar-refractivity contribution in [2.24, 2.45) is 0 Å². The van der Waals surface area contributed by atoms with Crippen LogP contribution in [-0.4, -0.2) is 42.0 Å². The lowest BCUT2D eigenvalue weighted by Gasteiger charge is -2.25.